The van der Waals surface area contributed by atoms with Gasteiger partial charge in [-0.15, -0.1) is 23.2 Å². The molecule has 27 heavy (non-hydrogen) atoms. The molecule has 0 heterocycles. The van der Waals surface area contributed by atoms with Crippen LogP contribution in [-0.2, 0) is 4.74 Å². The molecule has 0 aromatic carbocycles. The van der Waals surface area contributed by atoms with Crippen LogP contribution in [0.2, 0.25) is 0 Å². The minimum absolute atomic E-state index is 0.154. The standard InChI is InChI=1S/C22H44Cl2O3/c1-3-5-7-9-11-13-15-21(19(25)17-23)27-22(20(26)18-24)16-14-12-10-8-6-4-2/h19-22,25-26H,3-18H2,1-2H3. The van der Waals surface area contributed by atoms with Crippen LogP contribution in [0.1, 0.15) is 104 Å². The van der Waals surface area contributed by atoms with Crippen molar-refractivity contribution in [3.05, 3.63) is 0 Å². The van der Waals surface area contributed by atoms with Gasteiger partial charge in [-0.3, -0.25) is 0 Å². The quantitative estimate of drug-likeness (QED) is 0.174. The number of alkyl halides is 2. The minimum Gasteiger partial charge on any atom is -0.389 e. The summed E-state index contributed by atoms with van der Waals surface area (Å²) in [5.74, 6) is 0.308. The first-order chi connectivity index (χ1) is 13.1. The van der Waals surface area contributed by atoms with Gasteiger partial charge in [0.2, 0.25) is 0 Å². The Balaban J connectivity index is 4.39. The highest BCUT2D eigenvalue weighted by Crippen LogP contribution is 2.21. The minimum atomic E-state index is -0.697. The molecule has 0 spiro atoms. The zero-order valence-electron chi connectivity index (χ0n) is 17.7. The maximum absolute atomic E-state index is 10.3. The Labute approximate surface area is 178 Å². The second-order valence-electron chi connectivity index (χ2n) is 7.77. The first-order valence-corrected chi connectivity index (χ1v) is 12.3. The monoisotopic (exact) mass is 426 g/mol. The van der Waals surface area contributed by atoms with E-state index in [1.165, 1.54) is 51.4 Å². The van der Waals surface area contributed by atoms with Gasteiger partial charge in [0.15, 0.2) is 0 Å². The number of unbranched alkanes of at least 4 members (excludes halogenated alkanes) is 10. The molecule has 0 aromatic heterocycles. The van der Waals surface area contributed by atoms with Crippen molar-refractivity contribution in [1.82, 2.24) is 0 Å². The SMILES string of the molecule is CCCCCCCCC(OC(CCCCCCCC)C(O)CCl)C(O)CCl. The van der Waals surface area contributed by atoms with Crippen LogP contribution >= 0.6 is 23.2 Å². The van der Waals surface area contributed by atoms with Gasteiger partial charge in [0.25, 0.3) is 0 Å². The fourth-order valence-corrected chi connectivity index (χ4v) is 3.77. The van der Waals surface area contributed by atoms with Gasteiger partial charge in [-0.25, -0.2) is 0 Å². The lowest BCUT2D eigenvalue weighted by molar-refractivity contribution is -0.112. The van der Waals surface area contributed by atoms with E-state index in [9.17, 15) is 10.2 Å². The Morgan fingerprint density at radius 3 is 1.26 bits per heavy atom. The van der Waals surface area contributed by atoms with Crippen molar-refractivity contribution in [1.29, 1.82) is 0 Å². The van der Waals surface area contributed by atoms with E-state index in [1.54, 1.807) is 0 Å². The number of halogens is 2. The lowest BCUT2D eigenvalue weighted by Crippen LogP contribution is -2.40. The van der Waals surface area contributed by atoms with Gasteiger partial charge in [0, 0.05) is 0 Å². The highest BCUT2D eigenvalue weighted by Gasteiger charge is 2.27. The van der Waals surface area contributed by atoms with Gasteiger partial charge in [-0.1, -0.05) is 90.9 Å². The lowest BCUT2D eigenvalue weighted by atomic mass is 10.0. The molecule has 0 saturated carbocycles. The summed E-state index contributed by atoms with van der Waals surface area (Å²) >= 11 is 11.8. The molecule has 0 fully saturated rings. The normalized spacial score (nSPS) is 16.2. The zero-order chi connectivity index (χ0) is 20.3. The van der Waals surface area contributed by atoms with Crippen LogP contribution in [0, 0.1) is 0 Å². The predicted molar refractivity (Wildman–Crippen MR) is 118 cm³/mol. The highest BCUT2D eigenvalue weighted by molar-refractivity contribution is 6.18. The number of hydrogen-bond donors (Lipinski definition) is 2. The van der Waals surface area contributed by atoms with Crippen molar-refractivity contribution < 1.29 is 14.9 Å². The summed E-state index contributed by atoms with van der Waals surface area (Å²) in [4.78, 5) is 0. The van der Waals surface area contributed by atoms with Gasteiger partial charge in [0.05, 0.1) is 36.2 Å². The summed E-state index contributed by atoms with van der Waals surface area (Å²) in [5, 5.41) is 20.5. The van der Waals surface area contributed by atoms with Crippen LogP contribution in [0.25, 0.3) is 0 Å². The number of ether oxygens (including phenoxy) is 1. The molecule has 164 valence electrons. The molecule has 0 saturated heterocycles. The first kappa shape index (κ1) is 27.5. The molecule has 0 aliphatic heterocycles. The van der Waals surface area contributed by atoms with Crippen molar-refractivity contribution in [2.24, 2.45) is 0 Å². The van der Waals surface area contributed by atoms with E-state index in [-0.39, 0.29) is 24.0 Å². The molecule has 4 atom stereocenters. The van der Waals surface area contributed by atoms with Crippen molar-refractivity contribution in [2.75, 3.05) is 11.8 Å². The van der Waals surface area contributed by atoms with E-state index < -0.39 is 12.2 Å². The van der Waals surface area contributed by atoms with Gasteiger partial charge < -0.3 is 14.9 Å². The van der Waals surface area contributed by atoms with Crippen molar-refractivity contribution in [2.45, 2.75) is 128 Å². The maximum atomic E-state index is 10.3. The molecule has 0 aliphatic rings. The summed E-state index contributed by atoms with van der Waals surface area (Å²) in [7, 11) is 0. The average Bonchev–Trinajstić information content (AvgIpc) is 2.69. The van der Waals surface area contributed by atoms with E-state index in [0.29, 0.717) is 0 Å². The fraction of sp³-hybridized carbons (Fsp3) is 1.00. The van der Waals surface area contributed by atoms with E-state index in [1.807, 2.05) is 0 Å². The van der Waals surface area contributed by atoms with Crippen LogP contribution in [0.5, 0.6) is 0 Å². The molecule has 0 amide bonds. The van der Waals surface area contributed by atoms with Crippen molar-refractivity contribution in [3.63, 3.8) is 0 Å². The summed E-state index contributed by atoms with van der Waals surface area (Å²) in [6.07, 6.45) is 13.9. The molecule has 3 nitrogen and oxygen atoms in total. The summed E-state index contributed by atoms with van der Waals surface area (Å²) < 4.78 is 6.14. The Kier molecular flexibility index (Phi) is 20.1. The molecule has 0 radical (unpaired) electrons. The predicted octanol–water partition coefficient (Wildman–Crippen LogP) is 6.44. The van der Waals surface area contributed by atoms with E-state index in [0.717, 1.165) is 38.5 Å². The van der Waals surface area contributed by atoms with Crippen LogP contribution in [0.15, 0.2) is 0 Å². The van der Waals surface area contributed by atoms with Crippen molar-refractivity contribution >= 4 is 23.2 Å². The summed E-state index contributed by atoms with van der Waals surface area (Å²) in [5.41, 5.74) is 0. The lowest BCUT2D eigenvalue weighted by Gasteiger charge is -2.30. The van der Waals surface area contributed by atoms with Gasteiger partial charge in [0.1, 0.15) is 0 Å². The van der Waals surface area contributed by atoms with Crippen LogP contribution < -0.4 is 0 Å². The smallest absolute Gasteiger partial charge is 0.0936 e. The Hall–Kier alpha value is 0.460. The maximum Gasteiger partial charge on any atom is 0.0936 e. The highest BCUT2D eigenvalue weighted by atomic mass is 35.5. The van der Waals surface area contributed by atoms with Gasteiger partial charge in [-0.2, -0.15) is 0 Å². The molecule has 2 N–H and O–H groups in total. The largest absolute Gasteiger partial charge is 0.389 e. The van der Waals surface area contributed by atoms with Crippen LogP contribution in [0.4, 0.5) is 0 Å². The summed E-state index contributed by atoms with van der Waals surface area (Å²) in [6, 6.07) is 0. The zero-order valence-corrected chi connectivity index (χ0v) is 19.2. The molecular formula is C22H44Cl2O3. The summed E-state index contributed by atoms with van der Waals surface area (Å²) in [6.45, 7) is 4.43. The Morgan fingerprint density at radius 1 is 0.593 bits per heavy atom. The molecular weight excluding hydrogens is 383 g/mol. The van der Waals surface area contributed by atoms with Crippen LogP contribution in [-0.4, -0.2) is 46.4 Å². The average molecular weight is 427 g/mol. The fourth-order valence-electron chi connectivity index (χ4n) is 3.38. The van der Waals surface area contributed by atoms with E-state index in [4.69, 9.17) is 27.9 Å². The van der Waals surface area contributed by atoms with Gasteiger partial charge in [-0.05, 0) is 12.8 Å². The third kappa shape index (κ3) is 15.0. The number of rotatable bonds is 20. The number of aliphatic hydroxyl groups excluding tert-OH is 2. The third-order valence-corrected chi connectivity index (χ3v) is 5.84. The third-order valence-electron chi connectivity index (χ3n) is 5.21. The molecule has 4 unspecified atom stereocenters. The molecule has 0 bridgehead atoms. The molecule has 5 heteroatoms. The Bertz CT molecular complexity index is 277. The second kappa shape index (κ2) is 19.8. The number of aliphatic hydroxyl groups is 2. The molecule has 0 rings (SSSR count). The second-order valence-corrected chi connectivity index (χ2v) is 8.39. The van der Waals surface area contributed by atoms with E-state index >= 15 is 0 Å². The van der Waals surface area contributed by atoms with E-state index in [2.05, 4.69) is 13.8 Å². The first-order valence-electron chi connectivity index (χ1n) is 11.2. The van der Waals surface area contributed by atoms with Crippen LogP contribution in [0.3, 0.4) is 0 Å². The van der Waals surface area contributed by atoms with Gasteiger partial charge >= 0.3 is 0 Å². The number of hydrogen-bond acceptors (Lipinski definition) is 3. The topological polar surface area (TPSA) is 49.7 Å². The molecule has 0 aromatic rings. The van der Waals surface area contributed by atoms with Crippen molar-refractivity contribution in [3.8, 4) is 0 Å². The Morgan fingerprint density at radius 2 is 0.926 bits per heavy atom. The molecule has 0 aliphatic carbocycles.